The molecule has 1 aromatic carbocycles. The summed E-state index contributed by atoms with van der Waals surface area (Å²) in [6.07, 6.45) is 4.79. The van der Waals surface area contributed by atoms with E-state index in [0.717, 1.165) is 25.2 Å². The van der Waals surface area contributed by atoms with E-state index in [1.807, 2.05) is 24.3 Å². The van der Waals surface area contributed by atoms with E-state index < -0.39 is 0 Å². The summed E-state index contributed by atoms with van der Waals surface area (Å²) in [6.45, 7) is 2.43. The van der Waals surface area contributed by atoms with Crippen molar-refractivity contribution in [1.29, 1.82) is 0 Å². The molecule has 3 heterocycles. The first-order valence-corrected chi connectivity index (χ1v) is 8.96. The summed E-state index contributed by atoms with van der Waals surface area (Å²) < 4.78 is 7.54. The number of aliphatic hydroxyl groups excluding tert-OH is 1. The summed E-state index contributed by atoms with van der Waals surface area (Å²) in [6, 6.07) is 7.87. The average molecular weight is 357 g/mol. The monoisotopic (exact) mass is 357 g/mol. The molecular formula is C18H23N5O3. The van der Waals surface area contributed by atoms with Crippen molar-refractivity contribution < 1.29 is 14.6 Å². The van der Waals surface area contributed by atoms with E-state index in [1.165, 1.54) is 0 Å². The summed E-state index contributed by atoms with van der Waals surface area (Å²) in [5.41, 5.74) is 1.36. The third-order valence-electron chi connectivity index (χ3n) is 5.12. The van der Waals surface area contributed by atoms with Crippen LogP contribution in [0.15, 0.2) is 36.9 Å². The van der Waals surface area contributed by atoms with Crippen LogP contribution in [0.3, 0.4) is 0 Å². The minimum atomic E-state index is -0.0908. The van der Waals surface area contributed by atoms with Crippen LogP contribution in [-0.2, 0) is 4.74 Å². The highest BCUT2D eigenvalue weighted by molar-refractivity contribution is 5.98. The molecule has 2 aromatic rings. The van der Waals surface area contributed by atoms with Gasteiger partial charge in [0.15, 0.2) is 0 Å². The van der Waals surface area contributed by atoms with Crippen molar-refractivity contribution in [2.75, 3.05) is 26.3 Å². The molecule has 4 rings (SSSR count). The molecule has 2 N–H and O–H groups in total. The number of fused-ring (bicyclic) bond motifs is 1. The molecule has 0 bridgehead atoms. The molecule has 1 amide bonds. The number of hydrogen-bond acceptors (Lipinski definition) is 6. The van der Waals surface area contributed by atoms with Gasteiger partial charge in [-0.15, -0.1) is 10.2 Å². The molecule has 0 saturated carbocycles. The maximum absolute atomic E-state index is 12.8. The van der Waals surface area contributed by atoms with Crippen molar-refractivity contribution in [1.82, 2.24) is 25.0 Å². The van der Waals surface area contributed by atoms with Gasteiger partial charge in [-0.25, -0.2) is 0 Å². The normalized spacial score (nSPS) is 25.8. The Hall–Kier alpha value is -2.29. The summed E-state index contributed by atoms with van der Waals surface area (Å²) in [5.74, 6) is -0.0908. The highest BCUT2D eigenvalue weighted by atomic mass is 16.5. The summed E-state index contributed by atoms with van der Waals surface area (Å²) in [4.78, 5) is 15.2. The van der Waals surface area contributed by atoms with E-state index in [0.29, 0.717) is 24.6 Å². The number of benzene rings is 1. The van der Waals surface area contributed by atoms with Crippen LogP contribution in [-0.4, -0.2) is 75.2 Å². The SMILES string of the molecule is O=C(N[C@@H]1C[C@H]2CO[C@@H](CCO)CN2C1)c1ccccc1-n1cnnc1. The molecule has 0 radical (unpaired) electrons. The molecule has 1 aromatic heterocycles. The summed E-state index contributed by atoms with van der Waals surface area (Å²) in [7, 11) is 0. The highest BCUT2D eigenvalue weighted by Crippen LogP contribution is 2.25. The number of carbonyl (C=O) groups is 1. The fraction of sp³-hybridized carbons (Fsp3) is 0.500. The first kappa shape index (κ1) is 17.1. The number of ether oxygens (including phenoxy) is 1. The van der Waals surface area contributed by atoms with Crippen LogP contribution in [0.1, 0.15) is 23.2 Å². The van der Waals surface area contributed by atoms with Gasteiger partial charge in [-0.1, -0.05) is 12.1 Å². The molecule has 2 aliphatic heterocycles. The van der Waals surface area contributed by atoms with E-state index >= 15 is 0 Å². The second-order valence-electron chi connectivity index (χ2n) is 6.87. The Morgan fingerprint density at radius 3 is 2.88 bits per heavy atom. The van der Waals surface area contributed by atoms with E-state index in [-0.39, 0.29) is 24.7 Å². The molecule has 0 spiro atoms. The maximum atomic E-state index is 12.8. The lowest BCUT2D eigenvalue weighted by molar-refractivity contribution is -0.0566. The number of nitrogens with zero attached hydrogens (tertiary/aromatic N) is 4. The van der Waals surface area contributed by atoms with Crippen molar-refractivity contribution in [3.63, 3.8) is 0 Å². The third-order valence-corrected chi connectivity index (χ3v) is 5.12. The topological polar surface area (TPSA) is 92.5 Å². The van der Waals surface area contributed by atoms with Gasteiger partial charge in [0.1, 0.15) is 12.7 Å². The lowest BCUT2D eigenvalue weighted by Crippen LogP contribution is -2.46. The van der Waals surface area contributed by atoms with Crippen LogP contribution in [0.2, 0.25) is 0 Å². The Labute approximate surface area is 151 Å². The third kappa shape index (κ3) is 3.48. The van der Waals surface area contributed by atoms with Crippen LogP contribution in [0.5, 0.6) is 0 Å². The number of aliphatic hydroxyl groups is 1. The lowest BCUT2D eigenvalue weighted by Gasteiger charge is -2.34. The second kappa shape index (κ2) is 7.53. The smallest absolute Gasteiger partial charge is 0.253 e. The Bertz CT molecular complexity index is 751. The van der Waals surface area contributed by atoms with Crippen molar-refractivity contribution in [2.45, 2.75) is 31.0 Å². The molecule has 2 aliphatic rings. The molecule has 0 aliphatic carbocycles. The van der Waals surface area contributed by atoms with Crippen molar-refractivity contribution in [3.05, 3.63) is 42.5 Å². The molecule has 3 atom stereocenters. The lowest BCUT2D eigenvalue weighted by atomic mass is 10.1. The Balaban J connectivity index is 1.42. The quantitative estimate of drug-likeness (QED) is 0.795. The number of rotatable bonds is 5. The van der Waals surface area contributed by atoms with Crippen LogP contribution in [0.25, 0.3) is 5.69 Å². The fourth-order valence-electron chi connectivity index (χ4n) is 3.84. The van der Waals surface area contributed by atoms with Crippen molar-refractivity contribution in [3.8, 4) is 5.69 Å². The van der Waals surface area contributed by atoms with Gasteiger partial charge in [0.2, 0.25) is 0 Å². The van der Waals surface area contributed by atoms with Crippen LogP contribution >= 0.6 is 0 Å². The number of para-hydroxylation sites is 1. The van der Waals surface area contributed by atoms with Gasteiger partial charge in [0.25, 0.3) is 5.91 Å². The summed E-state index contributed by atoms with van der Waals surface area (Å²) >= 11 is 0. The van der Waals surface area contributed by atoms with Gasteiger partial charge in [-0.05, 0) is 25.0 Å². The Kier molecular flexibility index (Phi) is 4.96. The molecule has 2 saturated heterocycles. The van der Waals surface area contributed by atoms with Crippen molar-refractivity contribution in [2.24, 2.45) is 0 Å². The molecular weight excluding hydrogens is 334 g/mol. The zero-order valence-electron chi connectivity index (χ0n) is 14.5. The Morgan fingerprint density at radius 1 is 1.27 bits per heavy atom. The maximum Gasteiger partial charge on any atom is 0.253 e. The second-order valence-corrected chi connectivity index (χ2v) is 6.87. The Morgan fingerprint density at radius 2 is 2.08 bits per heavy atom. The van der Waals surface area contributed by atoms with Gasteiger partial charge >= 0.3 is 0 Å². The van der Waals surface area contributed by atoms with E-state index in [4.69, 9.17) is 9.84 Å². The molecule has 26 heavy (non-hydrogen) atoms. The van der Waals surface area contributed by atoms with Gasteiger partial charge in [0, 0.05) is 31.8 Å². The van der Waals surface area contributed by atoms with Crippen LogP contribution in [0, 0.1) is 0 Å². The minimum Gasteiger partial charge on any atom is -0.396 e. The average Bonchev–Trinajstić information content (AvgIpc) is 3.31. The predicted octanol–water partition coefficient (Wildman–Crippen LogP) is 0.221. The molecule has 8 nitrogen and oxygen atoms in total. The number of morpholine rings is 1. The zero-order chi connectivity index (χ0) is 17.9. The van der Waals surface area contributed by atoms with Gasteiger partial charge < -0.3 is 15.2 Å². The van der Waals surface area contributed by atoms with Crippen LogP contribution < -0.4 is 5.32 Å². The number of amides is 1. The van der Waals surface area contributed by atoms with Crippen molar-refractivity contribution >= 4 is 5.91 Å². The number of aromatic nitrogens is 3. The molecule has 0 unspecified atom stereocenters. The van der Waals surface area contributed by atoms with E-state index in [9.17, 15) is 4.79 Å². The van der Waals surface area contributed by atoms with E-state index in [1.54, 1.807) is 17.2 Å². The predicted molar refractivity (Wildman–Crippen MR) is 94.0 cm³/mol. The van der Waals surface area contributed by atoms with Gasteiger partial charge in [-0.3, -0.25) is 14.3 Å². The van der Waals surface area contributed by atoms with Crippen LogP contribution in [0.4, 0.5) is 0 Å². The summed E-state index contributed by atoms with van der Waals surface area (Å²) in [5, 5.41) is 19.9. The molecule has 138 valence electrons. The number of carbonyl (C=O) groups excluding carboxylic acids is 1. The van der Waals surface area contributed by atoms with Gasteiger partial charge in [0.05, 0.1) is 24.0 Å². The molecule has 8 heteroatoms. The fourth-order valence-corrected chi connectivity index (χ4v) is 3.84. The largest absolute Gasteiger partial charge is 0.396 e. The standard InChI is InChI=1S/C18H23N5O3/c24-6-5-15-9-22-8-13(7-14(22)10-26-15)21-18(25)16-3-1-2-4-17(16)23-11-19-20-12-23/h1-4,11-15,24H,5-10H2,(H,21,25)/t13-,14+,15+/m1/s1. The van der Waals surface area contributed by atoms with Gasteiger partial charge in [-0.2, -0.15) is 0 Å². The highest BCUT2D eigenvalue weighted by Gasteiger charge is 2.37. The van der Waals surface area contributed by atoms with E-state index in [2.05, 4.69) is 20.4 Å². The number of nitrogens with one attached hydrogen (secondary N) is 1. The molecule has 2 fully saturated rings. The minimum absolute atomic E-state index is 0.0835. The first-order valence-electron chi connectivity index (χ1n) is 8.96. The number of hydrogen-bond donors (Lipinski definition) is 2. The zero-order valence-corrected chi connectivity index (χ0v) is 14.5. The first-order chi connectivity index (χ1) is 12.7.